The van der Waals surface area contributed by atoms with E-state index in [1.54, 1.807) is 0 Å². The monoisotopic (exact) mass is 90.0 g/mol. The number of carboxylic acid groups (broad SMARTS) is 1. The Morgan fingerprint density at radius 2 is 2.00 bits per heavy atom. The van der Waals surface area contributed by atoms with Gasteiger partial charge in [-0.1, -0.05) is 0 Å². The lowest BCUT2D eigenvalue weighted by molar-refractivity contribution is 0.217. The van der Waals surface area contributed by atoms with Gasteiger partial charge in [0.1, 0.15) is 0 Å². The van der Waals surface area contributed by atoms with E-state index in [-0.39, 0.29) is 0 Å². The molecule has 0 aromatic rings. The van der Waals surface area contributed by atoms with Crippen LogP contribution in [0.15, 0.2) is 0 Å². The van der Waals surface area contributed by atoms with Gasteiger partial charge < -0.3 is 9.90 Å². The van der Waals surface area contributed by atoms with Gasteiger partial charge in [0.2, 0.25) is 0 Å². The highest BCUT2D eigenvalue weighted by atomic mass is 28.2. The Kier molecular flexibility index (Phi) is 1.79. The second kappa shape index (κ2) is 1.92. The van der Waals surface area contributed by atoms with Gasteiger partial charge in [-0.3, -0.25) is 4.79 Å². The Labute approximate surface area is 31.2 Å². The molecule has 0 unspecified atom stereocenters. The van der Waals surface area contributed by atoms with Crippen LogP contribution in [0.25, 0.3) is 0 Å². The summed E-state index contributed by atoms with van der Waals surface area (Å²) in [5, 5.41) is 7.48. The normalized spacial score (nSPS) is 7.40. The van der Waals surface area contributed by atoms with Gasteiger partial charge in [-0.15, -0.1) is 0 Å². The van der Waals surface area contributed by atoms with Crippen molar-refractivity contribution in [2.75, 3.05) is 0 Å². The summed E-state index contributed by atoms with van der Waals surface area (Å²) >= 11 is 0. The number of carbonyl (C=O) groups is 1. The van der Waals surface area contributed by atoms with Crippen LogP contribution in [0.2, 0.25) is 0 Å². The minimum Gasteiger partial charge on any atom is -0.484 e. The van der Waals surface area contributed by atoms with Gasteiger partial charge in [-0.05, 0) is 0 Å². The number of rotatable bonds is 1. The number of hydrogen-bond donors (Lipinski definition) is 2. The molecule has 0 saturated carbocycles. The molecule has 0 aromatic heterocycles. The zero-order chi connectivity index (χ0) is 4.28. The average molecular weight is 90.1 g/mol. The predicted octanol–water partition coefficient (Wildman–Crippen LogP) is -0.724. The molecule has 2 N–H and O–H groups in total. The largest absolute Gasteiger partial charge is 0.484 e. The van der Waals surface area contributed by atoms with E-state index in [9.17, 15) is 0 Å². The molecule has 0 aliphatic carbocycles. The SMILES string of the molecule is O=C(O)[Si]O. The third-order valence-electron chi connectivity index (χ3n) is 0.0956. The van der Waals surface area contributed by atoms with Gasteiger partial charge in [-0.2, -0.15) is 0 Å². The Balaban J connectivity index is 2.85. The molecule has 0 rings (SSSR count). The second-order valence-corrected chi connectivity index (χ2v) is 1.07. The maximum Gasteiger partial charge on any atom is 0.373 e. The summed E-state index contributed by atoms with van der Waals surface area (Å²) in [5.74, 6) is 0. The van der Waals surface area contributed by atoms with Crippen LogP contribution in [0.1, 0.15) is 0 Å². The summed E-state index contributed by atoms with van der Waals surface area (Å²) in [7, 11) is -0.969. The van der Waals surface area contributed by atoms with Crippen molar-refractivity contribution in [1.82, 2.24) is 0 Å². The summed E-state index contributed by atoms with van der Waals surface area (Å²) in [4.78, 5) is 16.7. The lowest BCUT2D eigenvalue weighted by Crippen LogP contribution is -2.01. The molecule has 0 atom stereocenters. The van der Waals surface area contributed by atoms with Crippen LogP contribution in [0, 0.1) is 0 Å². The first-order valence-electron chi connectivity index (χ1n) is 0.901. The molecule has 5 heavy (non-hydrogen) atoms. The first kappa shape index (κ1) is 4.65. The third kappa shape index (κ3) is 3.65. The van der Waals surface area contributed by atoms with Crippen LogP contribution < -0.4 is 0 Å². The van der Waals surface area contributed by atoms with E-state index in [0.29, 0.717) is 0 Å². The van der Waals surface area contributed by atoms with Gasteiger partial charge in [-0.25, -0.2) is 0 Å². The maximum atomic E-state index is 9.13. The summed E-state index contributed by atoms with van der Waals surface area (Å²) in [5.41, 5.74) is -1.16. The van der Waals surface area contributed by atoms with Gasteiger partial charge in [0, 0.05) is 0 Å². The van der Waals surface area contributed by atoms with Crippen LogP contribution in [-0.4, -0.2) is 25.3 Å². The molecule has 0 saturated heterocycles. The summed E-state index contributed by atoms with van der Waals surface area (Å²) in [6.07, 6.45) is 0. The topological polar surface area (TPSA) is 57.5 Å². The molecular formula is CH2O3Si. The summed E-state index contributed by atoms with van der Waals surface area (Å²) in [6, 6.07) is 0. The van der Waals surface area contributed by atoms with Crippen LogP contribution >= 0.6 is 0 Å². The van der Waals surface area contributed by atoms with Gasteiger partial charge in [0.25, 0.3) is 0 Å². The Bertz CT molecular complexity index is 42.2. The van der Waals surface area contributed by atoms with Crippen LogP contribution in [-0.2, 0) is 0 Å². The van der Waals surface area contributed by atoms with Gasteiger partial charge >= 0.3 is 15.4 Å². The Hall–Kier alpha value is -0.353. The van der Waals surface area contributed by atoms with Crippen molar-refractivity contribution >= 4 is 15.4 Å². The van der Waals surface area contributed by atoms with E-state index in [0.717, 1.165) is 0 Å². The van der Waals surface area contributed by atoms with Crippen molar-refractivity contribution in [2.45, 2.75) is 0 Å². The zero-order valence-corrected chi connectivity index (χ0v) is 3.30. The van der Waals surface area contributed by atoms with Gasteiger partial charge in [0.05, 0.1) is 0 Å². The van der Waals surface area contributed by atoms with Crippen molar-refractivity contribution in [1.29, 1.82) is 0 Å². The summed E-state index contributed by atoms with van der Waals surface area (Å²) < 4.78 is 0. The smallest absolute Gasteiger partial charge is 0.373 e. The molecule has 0 heterocycles. The molecule has 4 heteroatoms. The van der Waals surface area contributed by atoms with Crippen molar-refractivity contribution in [2.24, 2.45) is 0 Å². The molecule has 0 fully saturated rings. The van der Waals surface area contributed by atoms with E-state index in [1.807, 2.05) is 0 Å². The lowest BCUT2D eigenvalue weighted by atomic mass is 11.6. The minimum atomic E-state index is -1.16. The molecule has 0 amide bonds. The van der Waals surface area contributed by atoms with Crippen molar-refractivity contribution in [3.8, 4) is 0 Å². The molecule has 3 nitrogen and oxygen atoms in total. The van der Waals surface area contributed by atoms with E-state index in [1.165, 1.54) is 0 Å². The van der Waals surface area contributed by atoms with Gasteiger partial charge in [0.15, 0.2) is 0 Å². The quantitative estimate of drug-likeness (QED) is 0.417. The fourth-order valence-electron chi connectivity index (χ4n) is 0. The van der Waals surface area contributed by atoms with E-state index in [2.05, 4.69) is 0 Å². The Morgan fingerprint density at radius 1 is 1.80 bits per heavy atom. The Morgan fingerprint density at radius 3 is 2.00 bits per heavy atom. The van der Waals surface area contributed by atoms with E-state index >= 15 is 0 Å². The molecule has 2 radical (unpaired) electrons. The van der Waals surface area contributed by atoms with Crippen molar-refractivity contribution < 1.29 is 14.7 Å². The third-order valence-corrected chi connectivity index (χ3v) is 0.287. The molecular weight excluding hydrogens is 88.1 g/mol. The molecule has 0 aliphatic rings. The van der Waals surface area contributed by atoms with E-state index < -0.39 is 15.4 Å². The highest BCUT2D eigenvalue weighted by Gasteiger charge is 1.89. The number of hydrogen-bond acceptors (Lipinski definition) is 2. The first-order chi connectivity index (χ1) is 2.27. The van der Waals surface area contributed by atoms with Crippen LogP contribution in [0.3, 0.4) is 0 Å². The fraction of sp³-hybridized carbons (Fsp3) is 0. The molecule has 0 spiro atoms. The van der Waals surface area contributed by atoms with Crippen LogP contribution in [0.5, 0.6) is 0 Å². The maximum absolute atomic E-state index is 9.13. The molecule has 0 aliphatic heterocycles. The van der Waals surface area contributed by atoms with Crippen molar-refractivity contribution in [3.63, 3.8) is 0 Å². The standard InChI is InChI=1S/CH2O3Si/c2-1(3)5-4/h4H,(H,2,3). The highest BCUT2D eigenvalue weighted by Crippen LogP contribution is 1.51. The summed E-state index contributed by atoms with van der Waals surface area (Å²) in [6.45, 7) is 0. The fourth-order valence-corrected chi connectivity index (χ4v) is 0. The highest BCUT2D eigenvalue weighted by molar-refractivity contribution is 6.65. The van der Waals surface area contributed by atoms with E-state index in [4.69, 9.17) is 14.7 Å². The minimum absolute atomic E-state index is 0.969. The average Bonchev–Trinajstić information content (AvgIpc) is 1.38. The zero-order valence-electron chi connectivity index (χ0n) is 2.30. The second-order valence-electron chi connectivity index (χ2n) is 0.417. The molecule has 0 bridgehead atoms. The van der Waals surface area contributed by atoms with Crippen LogP contribution in [0.4, 0.5) is 4.79 Å². The van der Waals surface area contributed by atoms with Crippen molar-refractivity contribution in [3.05, 3.63) is 0 Å². The predicted molar refractivity (Wildman–Crippen MR) is 16.0 cm³/mol. The molecule has 28 valence electrons. The lowest BCUT2D eigenvalue weighted by Gasteiger charge is -1.68. The molecule has 0 aromatic carbocycles. The first-order valence-corrected chi connectivity index (χ1v) is 1.85.